The Bertz CT molecular complexity index is 1230. The van der Waals surface area contributed by atoms with Crippen molar-refractivity contribution in [3.05, 3.63) is 88.4 Å². The van der Waals surface area contributed by atoms with E-state index in [4.69, 9.17) is 4.74 Å². The molecular weight excluding hydrogens is 425 g/mol. The van der Waals surface area contributed by atoms with E-state index in [1.165, 1.54) is 19.2 Å². The Morgan fingerprint density at radius 2 is 2.00 bits per heavy atom. The van der Waals surface area contributed by atoms with Gasteiger partial charge < -0.3 is 14.4 Å². The third kappa shape index (κ3) is 3.55. The van der Waals surface area contributed by atoms with E-state index in [-0.39, 0.29) is 29.9 Å². The molecule has 33 heavy (non-hydrogen) atoms. The van der Waals surface area contributed by atoms with Crippen molar-refractivity contribution in [2.24, 2.45) is 11.8 Å². The Kier molecular flexibility index (Phi) is 5.55. The number of aliphatic hydroxyl groups is 1. The highest BCUT2D eigenvalue weighted by molar-refractivity contribution is 5.75. The smallest absolute Gasteiger partial charge is 0.311 e. The van der Waals surface area contributed by atoms with Crippen molar-refractivity contribution in [3.8, 4) is 11.1 Å². The van der Waals surface area contributed by atoms with E-state index in [9.17, 15) is 19.1 Å². The fourth-order valence-electron chi connectivity index (χ4n) is 5.39. The van der Waals surface area contributed by atoms with Gasteiger partial charge in [-0.25, -0.2) is 4.39 Å². The second-order valence-corrected chi connectivity index (χ2v) is 8.54. The summed E-state index contributed by atoms with van der Waals surface area (Å²) in [6.45, 7) is 0.664. The Hall–Kier alpha value is -3.36. The molecule has 0 saturated carbocycles. The maximum atomic E-state index is 13.5. The first-order valence-corrected chi connectivity index (χ1v) is 10.9. The van der Waals surface area contributed by atoms with Crippen LogP contribution in [0.3, 0.4) is 0 Å². The molecule has 1 aromatic carbocycles. The summed E-state index contributed by atoms with van der Waals surface area (Å²) >= 11 is 0. The molecule has 8 heteroatoms. The van der Waals surface area contributed by atoms with Gasteiger partial charge in [-0.05, 0) is 41.5 Å². The summed E-state index contributed by atoms with van der Waals surface area (Å²) < 4.78 is 20.2. The second-order valence-electron chi connectivity index (χ2n) is 8.54. The van der Waals surface area contributed by atoms with Crippen molar-refractivity contribution < 1.29 is 19.0 Å². The topological polar surface area (TPSA) is 84.7 Å². The van der Waals surface area contributed by atoms with Gasteiger partial charge in [0.05, 0.1) is 19.1 Å². The number of hydrogen-bond acceptors (Lipinski definition) is 6. The lowest BCUT2D eigenvalue weighted by Gasteiger charge is -2.38. The third-order valence-electron chi connectivity index (χ3n) is 6.89. The number of fused-ring (bicyclic) bond motifs is 4. The highest BCUT2D eigenvalue weighted by Gasteiger charge is 2.56. The summed E-state index contributed by atoms with van der Waals surface area (Å²) in [4.78, 5) is 32.7. The molecule has 0 amide bonds. The monoisotopic (exact) mass is 449 g/mol. The zero-order chi connectivity index (χ0) is 23.1. The van der Waals surface area contributed by atoms with Crippen LogP contribution in [0.2, 0.25) is 0 Å². The van der Waals surface area contributed by atoms with Gasteiger partial charge in [0.15, 0.2) is 0 Å². The highest BCUT2D eigenvalue weighted by Crippen LogP contribution is 2.49. The molecule has 0 aliphatic carbocycles. The van der Waals surface area contributed by atoms with Crippen LogP contribution >= 0.6 is 0 Å². The SMILES string of the molecule is COC(=O)[C@H]1[C@H](CO)[C@H]2Cn3c(ccc(-c4ccc(F)cc4)c3=O)[C@@H]1N2Cc1cccnc1. The lowest BCUT2D eigenvalue weighted by atomic mass is 9.87. The first kappa shape index (κ1) is 21.5. The minimum atomic E-state index is -0.605. The van der Waals surface area contributed by atoms with E-state index >= 15 is 0 Å². The van der Waals surface area contributed by atoms with Crippen molar-refractivity contribution in [1.29, 1.82) is 0 Å². The number of halogens is 1. The minimum Gasteiger partial charge on any atom is -0.469 e. The molecule has 7 nitrogen and oxygen atoms in total. The number of pyridine rings is 2. The van der Waals surface area contributed by atoms with Crippen LogP contribution in [-0.4, -0.2) is 45.3 Å². The minimum absolute atomic E-state index is 0.196. The molecule has 2 aromatic heterocycles. The number of methoxy groups -OCH3 is 1. The Morgan fingerprint density at radius 3 is 2.67 bits per heavy atom. The van der Waals surface area contributed by atoms with Crippen LogP contribution in [-0.2, 0) is 22.6 Å². The Balaban J connectivity index is 1.63. The van der Waals surface area contributed by atoms with Gasteiger partial charge in [0, 0.05) is 55.3 Å². The molecule has 4 heterocycles. The van der Waals surface area contributed by atoms with Crippen molar-refractivity contribution >= 4 is 5.97 Å². The molecule has 2 aliphatic rings. The van der Waals surface area contributed by atoms with Crippen molar-refractivity contribution in [3.63, 3.8) is 0 Å². The molecule has 4 atom stereocenters. The largest absolute Gasteiger partial charge is 0.469 e. The molecule has 0 radical (unpaired) electrons. The van der Waals surface area contributed by atoms with E-state index in [1.54, 1.807) is 35.2 Å². The second kappa shape index (κ2) is 8.53. The zero-order valence-electron chi connectivity index (χ0n) is 18.1. The molecule has 170 valence electrons. The molecule has 0 spiro atoms. The van der Waals surface area contributed by atoms with Gasteiger partial charge in [0.2, 0.25) is 0 Å². The molecule has 1 saturated heterocycles. The number of rotatable bonds is 5. The molecule has 3 aromatic rings. The van der Waals surface area contributed by atoms with Crippen LogP contribution in [0.1, 0.15) is 17.3 Å². The predicted octanol–water partition coefficient (Wildman–Crippen LogP) is 2.39. The molecule has 0 unspecified atom stereocenters. The van der Waals surface area contributed by atoms with Crippen LogP contribution in [0.4, 0.5) is 4.39 Å². The summed E-state index contributed by atoms with van der Waals surface area (Å²) in [7, 11) is 1.34. The molecule has 2 aliphatic heterocycles. The van der Waals surface area contributed by atoms with Crippen LogP contribution in [0.5, 0.6) is 0 Å². The van der Waals surface area contributed by atoms with Crippen LogP contribution in [0.15, 0.2) is 65.7 Å². The van der Waals surface area contributed by atoms with Crippen LogP contribution in [0.25, 0.3) is 11.1 Å². The summed E-state index contributed by atoms with van der Waals surface area (Å²) in [5, 5.41) is 10.2. The number of aromatic nitrogens is 2. The molecule has 1 fully saturated rings. The van der Waals surface area contributed by atoms with E-state index in [1.807, 2.05) is 18.2 Å². The number of aliphatic hydroxyl groups excluding tert-OH is 1. The van der Waals surface area contributed by atoms with E-state index in [2.05, 4.69) is 9.88 Å². The number of carbonyl (C=O) groups excluding carboxylic acids is 1. The fourth-order valence-corrected chi connectivity index (χ4v) is 5.39. The Morgan fingerprint density at radius 1 is 1.21 bits per heavy atom. The van der Waals surface area contributed by atoms with E-state index in [0.29, 0.717) is 29.9 Å². The number of carbonyl (C=O) groups is 1. The zero-order valence-corrected chi connectivity index (χ0v) is 18.1. The number of benzene rings is 1. The van der Waals surface area contributed by atoms with Crippen molar-refractivity contribution in [1.82, 2.24) is 14.5 Å². The summed E-state index contributed by atoms with van der Waals surface area (Å²) in [6, 6.07) is 12.6. The van der Waals surface area contributed by atoms with Gasteiger partial charge in [0.25, 0.3) is 5.56 Å². The quantitative estimate of drug-likeness (QED) is 0.602. The maximum absolute atomic E-state index is 13.5. The van der Waals surface area contributed by atoms with Gasteiger partial charge in [-0.1, -0.05) is 18.2 Å². The average molecular weight is 449 g/mol. The number of esters is 1. The lowest BCUT2D eigenvalue weighted by molar-refractivity contribution is -0.148. The summed E-state index contributed by atoms with van der Waals surface area (Å²) in [6.07, 6.45) is 3.48. The van der Waals surface area contributed by atoms with Crippen molar-refractivity contribution in [2.75, 3.05) is 13.7 Å². The Labute approximate surface area is 190 Å². The number of nitrogens with zero attached hydrogens (tertiary/aromatic N) is 3. The fraction of sp³-hybridized carbons (Fsp3) is 0.320. The molecule has 1 N–H and O–H groups in total. The van der Waals surface area contributed by atoms with Crippen LogP contribution in [0, 0.1) is 17.7 Å². The third-order valence-corrected chi connectivity index (χ3v) is 6.89. The predicted molar refractivity (Wildman–Crippen MR) is 118 cm³/mol. The van der Waals surface area contributed by atoms with Gasteiger partial charge in [0.1, 0.15) is 5.82 Å². The highest BCUT2D eigenvalue weighted by atomic mass is 19.1. The molecule has 5 rings (SSSR count). The number of hydrogen-bond donors (Lipinski definition) is 1. The van der Waals surface area contributed by atoms with Gasteiger partial charge in [-0.15, -0.1) is 0 Å². The first-order chi connectivity index (χ1) is 16.0. The normalized spacial score (nSPS) is 23.8. The molecule has 2 bridgehead atoms. The standard InChI is InChI=1S/C25H24FN3O4/c1-33-25(32)22-19(14-30)21-13-29-20(23(22)28(21)12-15-3-2-10-27-11-15)9-8-18(24(29)31)16-4-6-17(26)7-5-16/h2-11,19,21-23,30H,12-14H2,1H3/t19-,21-,22+,23+/m1/s1. The van der Waals surface area contributed by atoms with Gasteiger partial charge in [-0.2, -0.15) is 0 Å². The summed E-state index contributed by atoms with van der Waals surface area (Å²) in [5.41, 5.74) is 2.59. The van der Waals surface area contributed by atoms with Crippen LogP contribution < -0.4 is 5.56 Å². The van der Waals surface area contributed by atoms with E-state index in [0.717, 1.165) is 5.56 Å². The number of ether oxygens (including phenoxy) is 1. The summed E-state index contributed by atoms with van der Waals surface area (Å²) in [5.74, 6) is -1.76. The van der Waals surface area contributed by atoms with Crippen molar-refractivity contribution in [2.45, 2.75) is 25.2 Å². The lowest BCUT2D eigenvalue weighted by Crippen LogP contribution is -2.46. The molecular formula is C25H24FN3O4. The maximum Gasteiger partial charge on any atom is 0.311 e. The average Bonchev–Trinajstić information content (AvgIpc) is 3.04. The van der Waals surface area contributed by atoms with Gasteiger partial charge in [-0.3, -0.25) is 19.5 Å². The first-order valence-electron chi connectivity index (χ1n) is 10.9. The van der Waals surface area contributed by atoms with E-state index < -0.39 is 17.9 Å². The van der Waals surface area contributed by atoms with Gasteiger partial charge >= 0.3 is 5.97 Å².